The number of carbonyl (C=O) groups excluding carboxylic acids is 8. The van der Waals surface area contributed by atoms with E-state index in [1.165, 1.54) is 62.4 Å². The van der Waals surface area contributed by atoms with Crippen molar-refractivity contribution in [2.24, 2.45) is 11.5 Å². The summed E-state index contributed by atoms with van der Waals surface area (Å²) in [7, 11) is 0. The Morgan fingerprint density at radius 2 is 0.735 bits per heavy atom. The number of phenols is 2. The molecule has 0 saturated heterocycles. The fourth-order valence-corrected chi connectivity index (χ4v) is 6.29. The van der Waals surface area contributed by atoms with Gasteiger partial charge in [-0.15, -0.1) is 0 Å². The predicted molar refractivity (Wildman–Crippen MR) is 241 cm³/mol. The van der Waals surface area contributed by atoms with Gasteiger partial charge < -0.3 is 53.6 Å². The van der Waals surface area contributed by atoms with E-state index in [0.29, 0.717) is 22.3 Å². The zero-order valence-electron chi connectivity index (χ0n) is 37.0. The number of halogens is 2. The van der Waals surface area contributed by atoms with Crippen LogP contribution in [0.3, 0.4) is 0 Å². The van der Waals surface area contributed by atoms with E-state index in [2.05, 4.69) is 42.8 Å². The second kappa shape index (κ2) is 25.6. The number of benzene rings is 4. The van der Waals surface area contributed by atoms with Gasteiger partial charge in [-0.05, 0) is 97.5 Å². The normalized spacial score (nSPS) is 13.4. The van der Waals surface area contributed by atoms with Crippen LogP contribution >= 0.6 is 0 Å². The van der Waals surface area contributed by atoms with Crippen LogP contribution in [0.5, 0.6) is 11.5 Å². The summed E-state index contributed by atoms with van der Waals surface area (Å²) in [4.78, 5) is 104. The van der Waals surface area contributed by atoms with Crippen LogP contribution < -0.4 is 54.2 Å². The van der Waals surface area contributed by atoms with Gasteiger partial charge in [0.2, 0.25) is 35.4 Å². The van der Waals surface area contributed by atoms with E-state index in [1.807, 2.05) is 0 Å². The molecule has 0 saturated carbocycles. The van der Waals surface area contributed by atoms with Gasteiger partial charge in [-0.1, -0.05) is 48.5 Å². The standard InChI is InChI=1S/C46H54F2N10O10/c1-25(53-43(65)35(49)19-27-7-15-33(59)16-8-27)41(63)51-23-39(61)55-37(21-29-3-11-31(47)12-4-29)45(67)57-58-46(68)38(22-30-5-13-32(48)14-6-30)56-40(62)24-52-42(64)26(2)54-44(66)36(50)20-28-9-17-34(60)18-10-28/h3-18,25-26,35-38,59-60H,19-24,49-50H2,1-2H3,(H,51,63)(H,52,64)(H,53,65)(H,54,66)(H,55,61)(H,56,62)(H,57,67)(H,58,68)/t25-,26-,35+,36+,37+,38+/m1/s1. The van der Waals surface area contributed by atoms with Crippen molar-refractivity contribution >= 4 is 47.3 Å². The van der Waals surface area contributed by atoms with Crippen molar-refractivity contribution < 1.29 is 57.4 Å². The van der Waals surface area contributed by atoms with Gasteiger partial charge in [-0.25, -0.2) is 8.78 Å². The largest absolute Gasteiger partial charge is 0.508 e. The van der Waals surface area contributed by atoms with Gasteiger partial charge in [0.05, 0.1) is 25.2 Å². The summed E-state index contributed by atoms with van der Waals surface area (Å²) in [6.45, 7) is 1.38. The number of nitrogens with one attached hydrogen (secondary N) is 8. The van der Waals surface area contributed by atoms with E-state index in [0.717, 1.165) is 24.3 Å². The molecule has 0 aromatic heterocycles. The molecule has 0 radical (unpaired) electrons. The molecule has 4 rings (SSSR count). The maximum absolute atomic E-state index is 13.7. The zero-order chi connectivity index (χ0) is 49.9. The van der Waals surface area contributed by atoms with Crippen molar-refractivity contribution in [3.05, 3.63) is 131 Å². The number of hydrogen-bond acceptors (Lipinski definition) is 12. The van der Waals surface area contributed by atoms with E-state index in [4.69, 9.17) is 11.5 Å². The number of phenolic OH excluding ortho intramolecular Hbond substituents is 2. The van der Waals surface area contributed by atoms with Gasteiger partial charge in [0, 0.05) is 12.8 Å². The Balaban J connectivity index is 1.33. The third-order valence-corrected chi connectivity index (χ3v) is 10.1. The summed E-state index contributed by atoms with van der Waals surface area (Å²) in [5.41, 5.74) is 18.4. The molecular weight excluding hydrogens is 891 g/mol. The molecule has 0 aliphatic carbocycles. The molecule has 362 valence electrons. The number of hydrogen-bond donors (Lipinski definition) is 12. The number of rotatable bonds is 22. The summed E-state index contributed by atoms with van der Waals surface area (Å²) in [6.07, 6.45) is -0.248. The number of carbonyl (C=O) groups is 8. The van der Waals surface area contributed by atoms with Crippen molar-refractivity contribution in [1.29, 1.82) is 0 Å². The third-order valence-electron chi connectivity index (χ3n) is 10.1. The molecule has 0 aliphatic rings. The van der Waals surface area contributed by atoms with Gasteiger partial charge >= 0.3 is 0 Å². The molecule has 4 aromatic carbocycles. The van der Waals surface area contributed by atoms with E-state index in [-0.39, 0.29) is 37.2 Å². The number of hydrazine groups is 1. The second-order valence-electron chi connectivity index (χ2n) is 15.7. The Bertz CT molecular complexity index is 2230. The van der Waals surface area contributed by atoms with Crippen LogP contribution in [0, 0.1) is 11.6 Å². The van der Waals surface area contributed by atoms with Crippen LogP contribution in [0.25, 0.3) is 0 Å². The molecular formula is C46H54F2N10O10. The topological polar surface area (TPSA) is 325 Å². The van der Waals surface area contributed by atoms with Crippen molar-refractivity contribution in [2.75, 3.05) is 13.1 Å². The maximum Gasteiger partial charge on any atom is 0.261 e. The van der Waals surface area contributed by atoms with Crippen molar-refractivity contribution in [3.8, 4) is 11.5 Å². The van der Waals surface area contributed by atoms with Crippen LogP contribution in [-0.4, -0.2) is 107 Å². The summed E-state index contributed by atoms with van der Waals surface area (Å²) in [6, 6.07) is 14.8. The molecule has 0 bridgehead atoms. The average Bonchev–Trinajstić information content (AvgIpc) is 3.31. The first kappa shape index (κ1) is 52.6. The Morgan fingerprint density at radius 3 is 1.06 bits per heavy atom. The Labute approximate surface area is 389 Å². The van der Waals surface area contributed by atoms with Gasteiger partial charge in [-0.2, -0.15) is 0 Å². The van der Waals surface area contributed by atoms with Gasteiger partial charge in [0.15, 0.2) is 0 Å². The summed E-state index contributed by atoms with van der Waals surface area (Å²) >= 11 is 0. The minimum absolute atomic E-state index is 0.0349. The van der Waals surface area contributed by atoms with Crippen LogP contribution in [0.2, 0.25) is 0 Å². The molecule has 4 aromatic rings. The molecule has 8 amide bonds. The lowest BCUT2D eigenvalue weighted by molar-refractivity contribution is -0.134. The molecule has 68 heavy (non-hydrogen) atoms. The molecule has 0 spiro atoms. The first-order valence-corrected chi connectivity index (χ1v) is 21.2. The molecule has 0 fully saturated rings. The minimum atomic E-state index is -1.44. The third kappa shape index (κ3) is 17.8. The van der Waals surface area contributed by atoms with Crippen LogP contribution in [0.15, 0.2) is 97.1 Å². The molecule has 6 atom stereocenters. The summed E-state index contributed by atoms with van der Waals surface area (Å²) in [5, 5.41) is 33.4. The first-order valence-electron chi connectivity index (χ1n) is 21.2. The highest BCUT2D eigenvalue weighted by Gasteiger charge is 2.28. The lowest BCUT2D eigenvalue weighted by atomic mass is 10.0. The predicted octanol–water partition coefficient (Wildman–Crippen LogP) is -1.34. The molecule has 22 heteroatoms. The van der Waals surface area contributed by atoms with E-state index in [9.17, 15) is 57.4 Å². The van der Waals surface area contributed by atoms with Crippen molar-refractivity contribution in [1.82, 2.24) is 42.8 Å². The highest BCUT2D eigenvalue weighted by Crippen LogP contribution is 2.13. The van der Waals surface area contributed by atoms with Crippen LogP contribution in [0.1, 0.15) is 36.1 Å². The summed E-state index contributed by atoms with van der Waals surface area (Å²) < 4.78 is 27.4. The van der Waals surface area contributed by atoms with E-state index < -0.39 is 108 Å². The summed E-state index contributed by atoms with van der Waals surface area (Å²) in [5.74, 6) is -7.64. The molecule has 0 unspecified atom stereocenters. The quantitative estimate of drug-likeness (QED) is 0.0408. The average molecular weight is 945 g/mol. The first-order chi connectivity index (χ1) is 32.3. The van der Waals surface area contributed by atoms with E-state index >= 15 is 0 Å². The number of amides is 8. The highest BCUT2D eigenvalue weighted by atomic mass is 19.1. The zero-order valence-corrected chi connectivity index (χ0v) is 37.0. The Hall–Kier alpha value is -7.98. The lowest BCUT2D eigenvalue weighted by Crippen LogP contribution is -2.59. The molecule has 0 aliphatic heterocycles. The fourth-order valence-electron chi connectivity index (χ4n) is 6.29. The fraction of sp³-hybridized carbons (Fsp3) is 0.304. The van der Waals surface area contributed by atoms with Gasteiger partial charge in [-0.3, -0.25) is 49.2 Å². The maximum atomic E-state index is 13.7. The smallest absolute Gasteiger partial charge is 0.261 e. The van der Waals surface area contributed by atoms with Crippen molar-refractivity contribution in [3.63, 3.8) is 0 Å². The SMILES string of the molecule is C[C@@H](NC(=O)[C@@H](N)Cc1ccc(O)cc1)C(=O)NCC(=O)N[C@@H](Cc1ccc(F)cc1)C(=O)NNC(=O)[C@H](Cc1ccc(F)cc1)NC(=O)CNC(=O)[C@@H](C)NC(=O)[C@@H](N)Cc1ccc(O)cc1. The number of aromatic hydroxyl groups is 2. The Kier molecular flexibility index (Phi) is 19.9. The minimum Gasteiger partial charge on any atom is -0.508 e. The number of nitrogens with two attached hydrogens (primary N) is 2. The lowest BCUT2D eigenvalue weighted by Gasteiger charge is -2.22. The van der Waals surface area contributed by atoms with Crippen LogP contribution in [-0.2, 0) is 64.0 Å². The molecule has 14 N–H and O–H groups in total. The van der Waals surface area contributed by atoms with E-state index in [1.54, 1.807) is 24.3 Å². The van der Waals surface area contributed by atoms with Gasteiger partial charge in [0.1, 0.15) is 47.3 Å². The Morgan fingerprint density at radius 1 is 0.441 bits per heavy atom. The second-order valence-corrected chi connectivity index (χ2v) is 15.7. The molecule has 20 nitrogen and oxygen atoms in total. The monoisotopic (exact) mass is 944 g/mol. The van der Waals surface area contributed by atoms with Crippen LogP contribution in [0.4, 0.5) is 8.78 Å². The molecule has 0 heterocycles. The van der Waals surface area contributed by atoms with Crippen molar-refractivity contribution in [2.45, 2.75) is 75.8 Å². The van der Waals surface area contributed by atoms with Gasteiger partial charge in [0.25, 0.3) is 11.8 Å². The highest BCUT2D eigenvalue weighted by molar-refractivity contribution is 5.95.